The molecule has 0 unspecified atom stereocenters. The average Bonchev–Trinajstić information content (AvgIpc) is 2.23. The number of rotatable bonds is 1. The van der Waals surface area contributed by atoms with Gasteiger partial charge in [0.2, 0.25) is 0 Å². The number of aryl methyl sites for hydroxylation is 1. The molecule has 0 aliphatic carbocycles. The van der Waals surface area contributed by atoms with Crippen LogP contribution in [0.4, 0.5) is 0 Å². The number of phenols is 1. The van der Waals surface area contributed by atoms with Crippen LogP contribution in [0.25, 0.3) is 11.3 Å². The summed E-state index contributed by atoms with van der Waals surface area (Å²) < 4.78 is 0. The molecule has 1 heterocycles. The highest BCUT2D eigenvalue weighted by Crippen LogP contribution is 2.28. The summed E-state index contributed by atoms with van der Waals surface area (Å²) in [7, 11) is 0. The fourth-order valence-electron chi connectivity index (χ4n) is 1.39. The molecule has 0 saturated heterocycles. The average molecular weight is 220 g/mol. The third kappa shape index (κ3) is 2.10. The minimum absolute atomic E-state index is 0.232. The second-order valence-electron chi connectivity index (χ2n) is 3.38. The molecule has 3 heteroatoms. The van der Waals surface area contributed by atoms with Crippen molar-refractivity contribution in [3.8, 4) is 17.0 Å². The molecule has 15 heavy (non-hydrogen) atoms. The maximum Gasteiger partial charge on any atom is 0.124 e. The first-order valence-corrected chi connectivity index (χ1v) is 4.96. The summed E-state index contributed by atoms with van der Waals surface area (Å²) >= 11 is 5.75. The molecular weight excluding hydrogens is 210 g/mol. The fourth-order valence-corrected chi connectivity index (χ4v) is 1.50. The Hall–Kier alpha value is -1.54. The molecule has 0 bridgehead atoms. The lowest BCUT2D eigenvalue weighted by Gasteiger charge is -2.04. The Morgan fingerprint density at radius 1 is 1.20 bits per heavy atom. The minimum Gasteiger partial charge on any atom is -0.507 e. The van der Waals surface area contributed by atoms with Crippen molar-refractivity contribution in [2.45, 2.75) is 6.92 Å². The van der Waals surface area contributed by atoms with Gasteiger partial charge in [-0.1, -0.05) is 23.2 Å². The minimum atomic E-state index is 0.232. The van der Waals surface area contributed by atoms with Crippen LogP contribution in [0.5, 0.6) is 5.75 Å². The summed E-state index contributed by atoms with van der Waals surface area (Å²) in [5.74, 6) is 0.232. The molecule has 0 aliphatic rings. The Morgan fingerprint density at radius 3 is 2.67 bits per heavy atom. The van der Waals surface area contributed by atoms with Gasteiger partial charge < -0.3 is 5.11 Å². The van der Waals surface area contributed by atoms with Crippen molar-refractivity contribution in [3.63, 3.8) is 0 Å². The molecule has 0 radical (unpaired) electrons. The number of nitrogens with zero attached hydrogens (tertiary/aromatic N) is 1. The highest BCUT2D eigenvalue weighted by molar-refractivity contribution is 6.30. The summed E-state index contributed by atoms with van der Waals surface area (Å²) in [6.07, 6.45) is 1.57. The van der Waals surface area contributed by atoms with Crippen LogP contribution in [-0.2, 0) is 0 Å². The summed E-state index contributed by atoms with van der Waals surface area (Å²) in [6.45, 7) is 1.97. The van der Waals surface area contributed by atoms with E-state index < -0.39 is 0 Å². The van der Waals surface area contributed by atoms with Crippen LogP contribution in [0, 0.1) is 6.92 Å². The number of phenolic OH excluding ortho intramolecular Hbond substituents is 1. The largest absolute Gasteiger partial charge is 0.507 e. The normalized spacial score (nSPS) is 10.3. The zero-order valence-electron chi connectivity index (χ0n) is 8.24. The van der Waals surface area contributed by atoms with Crippen molar-refractivity contribution in [2.75, 3.05) is 0 Å². The van der Waals surface area contributed by atoms with Gasteiger partial charge in [-0.25, -0.2) is 0 Å². The number of benzene rings is 1. The van der Waals surface area contributed by atoms with E-state index in [2.05, 4.69) is 4.98 Å². The Labute approximate surface area is 93.2 Å². The predicted molar refractivity (Wildman–Crippen MR) is 61.1 cm³/mol. The summed E-state index contributed by atoms with van der Waals surface area (Å²) in [5.41, 5.74) is 2.53. The zero-order valence-corrected chi connectivity index (χ0v) is 8.99. The number of hydrogen-bond acceptors (Lipinski definition) is 2. The Morgan fingerprint density at radius 2 is 2.00 bits per heavy atom. The van der Waals surface area contributed by atoms with Gasteiger partial charge in [-0.05, 0) is 31.2 Å². The molecule has 0 spiro atoms. The second-order valence-corrected chi connectivity index (χ2v) is 3.82. The first-order valence-electron chi connectivity index (χ1n) is 4.58. The van der Waals surface area contributed by atoms with Gasteiger partial charge in [-0.15, -0.1) is 0 Å². The summed E-state index contributed by atoms with van der Waals surface area (Å²) in [6, 6.07) is 8.96. The number of pyridine rings is 1. The third-order valence-electron chi connectivity index (χ3n) is 2.16. The lowest BCUT2D eigenvalue weighted by molar-refractivity contribution is 0.477. The molecule has 0 fully saturated rings. The first kappa shape index (κ1) is 9.99. The topological polar surface area (TPSA) is 33.1 Å². The zero-order chi connectivity index (χ0) is 10.8. The molecule has 1 aromatic carbocycles. The maximum absolute atomic E-state index is 9.68. The Bertz CT molecular complexity index is 479. The summed E-state index contributed by atoms with van der Waals surface area (Å²) in [4.78, 5) is 4.16. The second kappa shape index (κ2) is 3.91. The van der Waals surface area contributed by atoms with E-state index in [-0.39, 0.29) is 5.75 Å². The van der Waals surface area contributed by atoms with E-state index in [0.29, 0.717) is 5.02 Å². The van der Waals surface area contributed by atoms with Crippen molar-refractivity contribution in [1.82, 2.24) is 4.98 Å². The van der Waals surface area contributed by atoms with Crippen LogP contribution >= 0.6 is 11.6 Å². The van der Waals surface area contributed by atoms with Crippen LogP contribution < -0.4 is 0 Å². The number of aromatic nitrogens is 1. The molecule has 2 aromatic rings. The van der Waals surface area contributed by atoms with Crippen LogP contribution in [-0.4, -0.2) is 10.1 Å². The van der Waals surface area contributed by atoms with Crippen molar-refractivity contribution >= 4 is 11.6 Å². The molecule has 0 amide bonds. The van der Waals surface area contributed by atoms with Crippen molar-refractivity contribution in [1.29, 1.82) is 0 Å². The maximum atomic E-state index is 9.68. The smallest absolute Gasteiger partial charge is 0.124 e. The van der Waals surface area contributed by atoms with E-state index in [0.717, 1.165) is 16.8 Å². The molecule has 2 nitrogen and oxygen atoms in total. The van der Waals surface area contributed by atoms with Crippen molar-refractivity contribution in [3.05, 3.63) is 47.1 Å². The standard InChI is InChI=1S/C12H10ClNO/c1-8-2-5-12(15)10(6-8)11-4-3-9(13)7-14-11/h2-7,15H,1H3. The highest BCUT2D eigenvalue weighted by atomic mass is 35.5. The highest BCUT2D eigenvalue weighted by Gasteiger charge is 2.05. The lowest BCUT2D eigenvalue weighted by Crippen LogP contribution is -1.84. The van der Waals surface area contributed by atoms with Crippen LogP contribution in [0.2, 0.25) is 5.02 Å². The third-order valence-corrected chi connectivity index (χ3v) is 2.38. The molecule has 0 aliphatic heterocycles. The van der Waals surface area contributed by atoms with Crippen molar-refractivity contribution in [2.24, 2.45) is 0 Å². The van der Waals surface area contributed by atoms with Gasteiger partial charge in [0.05, 0.1) is 10.7 Å². The van der Waals surface area contributed by atoms with Crippen LogP contribution in [0.3, 0.4) is 0 Å². The Balaban J connectivity index is 2.53. The van der Waals surface area contributed by atoms with Gasteiger partial charge in [0.15, 0.2) is 0 Å². The first-order chi connectivity index (χ1) is 7.16. The van der Waals surface area contributed by atoms with Gasteiger partial charge in [-0.3, -0.25) is 4.98 Å². The van der Waals surface area contributed by atoms with Crippen LogP contribution in [0.1, 0.15) is 5.56 Å². The quantitative estimate of drug-likeness (QED) is 0.797. The van der Waals surface area contributed by atoms with E-state index in [1.807, 2.05) is 19.1 Å². The number of halogens is 1. The van der Waals surface area contributed by atoms with E-state index in [1.54, 1.807) is 24.4 Å². The van der Waals surface area contributed by atoms with Gasteiger partial charge in [0, 0.05) is 11.8 Å². The van der Waals surface area contributed by atoms with E-state index in [9.17, 15) is 5.11 Å². The monoisotopic (exact) mass is 219 g/mol. The lowest BCUT2D eigenvalue weighted by atomic mass is 10.1. The molecule has 1 aromatic heterocycles. The van der Waals surface area contributed by atoms with Gasteiger partial charge in [-0.2, -0.15) is 0 Å². The number of aromatic hydroxyl groups is 1. The van der Waals surface area contributed by atoms with Gasteiger partial charge in [0.25, 0.3) is 0 Å². The molecule has 0 atom stereocenters. The van der Waals surface area contributed by atoms with Gasteiger partial charge >= 0.3 is 0 Å². The predicted octanol–water partition coefficient (Wildman–Crippen LogP) is 3.42. The van der Waals surface area contributed by atoms with Gasteiger partial charge in [0.1, 0.15) is 5.75 Å². The molecule has 0 saturated carbocycles. The van der Waals surface area contributed by atoms with E-state index in [4.69, 9.17) is 11.6 Å². The molecular formula is C12H10ClNO. The molecule has 2 rings (SSSR count). The Kier molecular flexibility index (Phi) is 2.60. The molecule has 76 valence electrons. The fraction of sp³-hybridized carbons (Fsp3) is 0.0833. The van der Waals surface area contributed by atoms with Crippen molar-refractivity contribution < 1.29 is 5.11 Å². The number of hydrogen-bond donors (Lipinski definition) is 1. The van der Waals surface area contributed by atoms with E-state index >= 15 is 0 Å². The van der Waals surface area contributed by atoms with Crippen LogP contribution in [0.15, 0.2) is 36.5 Å². The SMILES string of the molecule is Cc1ccc(O)c(-c2ccc(Cl)cn2)c1. The van der Waals surface area contributed by atoms with E-state index in [1.165, 1.54) is 0 Å². The molecule has 1 N–H and O–H groups in total. The summed E-state index contributed by atoms with van der Waals surface area (Å²) in [5, 5.41) is 10.3.